The van der Waals surface area contributed by atoms with Crippen LogP contribution in [0.5, 0.6) is 5.75 Å². The molecular weight excluding hydrogens is 673 g/mol. The maximum atomic E-state index is 6.46. The summed E-state index contributed by atoms with van der Waals surface area (Å²) in [5.41, 5.74) is 8.68. The summed E-state index contributed by atoms with van der Waals surface area (Å²) in [5, 5.41) is 16.2. The summed E-state index contributed by atoms with van der Waals surface area (Å²) in [7, 11) is 0. The number of aliphatic imine (C=N–C) groups is 1. The van der Waals surface area contributed by atoms with Crippen molar-refractivity contribution < 1.29 is 4.74 Å². The molecule has 10 aromatic rings. The van der Waals surface area contributed by atoms with Gasteiger partial charge in [-0.25, -0.2) is 4.99 Å². The van der Waals surface area contributed by atoms with E-state index in [1.807, 2.05) is 12.1 Å². The van der Waals surface area contributed by atoms with Crippen molar-refractivity contribution in [3.05, 3.63) is 187 Å². The second kappa shape index (κ2) is 10.6. The van der Waals surface area contributed by atoms with Crippen molar-refractivity contribution in [3.8, 4) is 11.4 Å². The molecule has 3 aliphatic rings. The third-order valence-corrected chi connectivity index (χ3v) is 11.9. The lowest BCUT2D eigenvalue weighted by Crippen LogP contribution is -2.44. The normalized spacial score (nSPS) is 16.2. The summed E-state index contributed by atoms with van der Waals surface area (Å²) in [5.74, 6) is 2.45. The molecule has 2 aliphatic heterocycles. The van der Waals surface area contributed by atoms with Crippen molar-refractivity contribution in [1.29, 1.82) is 0 Å². The van der Waals surface area contributed by atoms with Crippen LogP contribution >= 0.6 is 0 Å². The highest BCUT2D eigenvalue weighted by atomic mass is 16.5. The molecule has 0 amide bonds. The van der Waals surface area contributed by atoms with Crippen LogP contribution in [0, 0.1) is 0 Å². The quantitative estimate of drug-likeness (QED) is 0.185. The second-order valence-electron chi connectivity index (χ2n) is 14.7. The van der Waals surface area contributed by atoms with Crippen LogP contribution in [0.2, 0.25) is 0 Å². The first-order chi connectivity index (χ1) is 27.3. The lowest BCUT2D eigenvalue weighted by molar-refractivity contribution is 0.419. The maximum Gasteiger partial charge on any atom is 0.209 e. The predicted molar refractivity (Wildman–Crippen MR) is 227 cm³/mol. The van der Waals surface area contributed by atoms with Crippen molar-refractivity contribution in [2.75, 3.05) is 0 Å². The predicted octanol–water partition coefficient (Wildman–Crippen LogP) is 11.8. The highest BCUT2D eigenvalue weighted by Gasteiger charge is 2.36. The smallest absolute Gasteiger partial charge is 0.209 e. The first-order valence-corrected chi connectivity index (χ1v) is 18.9. The molecule has 5 heteroatoms. The SMILES string of the molecule is C1=CC2NC(n3c4ccc5ccccc5c4c4c5ccccc5c5c6c7ccccc7ccc6n(-c6ccccc6)c5c43)=NC3=C2C(=C1)Oc1ccccc13. The van der Waals surface area contributed by atoms with Gasteiger partial charge in [0.25, 0.3) is 0 Å². The van der Waals surface area contributed by atoms with Crippen LogP contribution in [-0.2, 0) is 0 Å². The molecule has 0 spiro atoms. The van der Waals surface area contributed by atoms with E-state index in [4.69, 9.17) is 9.73 Å². The van der Waals surface area contributed by atoms with E-state index >= 15 is 0 Å². The Balaban J connectivity index is 1.31. The number of aromatic nitrogens is 2. The Kier molecular flexibility index (Phi) is 5.62. The zero-order valence-electron chi connectivity index (χ0n) is 29.5. The molecule has 0 radical (unpaired) electrons. The van der Waals surface area contributed by atoms with Crippen molar-refractivity contribution in [2.45, 2.75) is 6.04 Å². The first-order valence-electron chi connectivity index (χ1n) is 18.9. The van der Waals surface area contributed by atoms with Crippen LogP contribution in [0.1, 0.15) is 5.56 Å². The Labute approximate surface area is 315 Å². The van der Waals surface area contributed by atoms with Crippen molar-refractivity contribution in [3.63, 3.8) is 0 Å². The van der Waals surface area contributed by atoms with E-state index in [-0.39, 0.29) is 6.04 Å². The molecule has 13 rings (SSSR count). The lowest BCUT2D eigenvalue weighted by atomic mass is 9.91. The van der Waals surface area contributed by atoms with Crippen molar-refractivity contribution in [1.82, 2.24) is 14.5 Å². The molecule has 0 bridgehead atoms. The summed E-state index contributed by atoms with van der Waals surface area (Å²) in [6, 6.07) is 54.7. The van der Waals surface area contributed by atoms with Crippen molar-refractivity contribution in [2.24, 2.45) is 4.99 Å². The molecule has 8 aromatic carbocycles. The number of allylic oxidation sites excluding steroid dienone is 2. The summed E-state index contributed by atoms with van der Waals surface area (Å²) >= 11 is 0. The Hall–Kier alpha value is -7.37. The van der Waals surface area contributed by atoms with E-state index in [0.29, 0.717) is 0 Å². The first kappa shape index (κ1) is 29.1. The van der Waals surface area contributed by atoms with E-state index in [1.165, 1.54) is 59.4 Å². The highest BCUT2D eigenvalue weighted by Crippen LogP contribution is 2.49. The number of benzene rings is 8. The van der Waals surface area contributed by atoms with E-state index in [0.717, 1.165) is 56.5 Å². The fraction of sp³-hybridized carbons (Fsp3) is 0.0200. The number of hydrogen-bond acceptors (Lipinski definition) is 3. The number of nitrogens with zero attached hydrogens (tertiary/aromatic N) is 3. The van der Waals surface area contributed by atoms with Gasteiger partial charge >= 0.3 is 0 Å². The zero-order chi connectivity index (χ0) is 35.8. The van der Waals surface area contributed by atoms with E-state index in [2.05, 4.69) is 172 Å². The van der Waals surface area contributed by atoms with Gasteiger partial charge in [0.05, 0.1) is 33.8 Å². The van der Waals surface area contributed by atoms with Gasteiger partial charge in [-0.2, -0.15) is 0 Å². The Morgan fingerprint density at radius 3 is 1.82 bits per heavy atom. The summed E-state index contributed by atoms with van der Waals surface area (Å²) in [4.78, 5) is 5.63. The molecule has 0 saturated carbocycles. The molecule has 1 unspecified atom stereocenters. The minimum Gasteiger partial charge on any atom is -0.456 e. The molecule has 55 heavy (non-hydrogen) atoms. The molecule has 1 atom stereocenters. The standard InChI is InChI=1S/C50H30N4O/c1-2-15-31(16-3-1)53-38-27-25-29-13-4-6-17-32(29)42(38)44-34-19-8-9-20-35(34)45-43-33-18-7-5-14-30(33)26-28-39(43)54(49(45)48(44)53)50-51-37-22-12-24-41-46(37)47(52-50)36-21-10-11-23-40(36)55-41/h1-28,37H,(H,51,52). The van der Waals surface area contributed by atoms with Gasteiger partial charge in [-0.05, 0) is 74.8 Å². The molecule has 4 heterocycles. The topological polar surface area (TPSA) is 43.5 Å². The van der Waals surface area contributed by atoms with Gasteiger partial charge < -0.3 is 14.6 Å². The average Bonchev–Trinajstić information content (AvgIpc) is 3.79. The number of nitrogens with one attached hydrogen (secondary N) is 1. The highest BCUT2D eigenvalue weighted by molar-refractivity contribution is 6.41. The van der Waals surface area contributed by atoms with E-state index < -0.39 is 0 Å². The van der Waals surface area contributed by atoms with Crippen LogP contribution in [0.25, 0.3) is 87.3 Å². The van der Waals surface area contributed by atoms with Crippen LogP contribution in [0.4, 0.5) is 0 Å². The van der Waals surface area contributed by atoms with Gasteiger partial charge in [-0.3, -0.25) is 4.57 Å². The molecule has 0 fully saturated rings. The van der Waals surface area contributed by atoms with Gasteiger partial charge in [0.1, 0.15) is 11.5 Å². The summed E-state index contributed by atoms with van der Waals surface area (Å²) < 4.78 is 11.4. The average molecular weight is 703 g/mol. The second-order valence-corrected chi connectivity index (χ2v) is 14.7. The van der Waals surface area contributed by atoms with E-state index in [9.17, 15) is 0 Å². The van der Waals surface area contributed by atoms with Gasteiger partial charge in [-0.15, -0.1) is 0 Å². The fourth-order valence-corrected chi connectivity index (χ4v) is 9.67. The van der Waals surface area contributed by atoms with Crippen LogP contribution in [-0.4, -0.2) is 21.1 Å². The Bertz CT molecular complexity index is 3490. The third-order valence-electron chi connectivity index (χ3n) is 11.9. The summed E-state index contributed by atoms with van der Waals surface area (Å²) in [6.45, 7) is 0. The largest absolute Gasteiger partial charge is 0.456 e. The minimum absolute atomic E-state index is 0.122. The number of para-hydroxylation sites is 2. The molecule has 5 nitrogen and oxygen atoms in total. The Morgan fingerprint density at radius 1 is 0.527 bits per heavy atom. The molecule has 2 aromatic heterocycles. The van der Waals surface area contributed by atoms with Crippen molar-refractivity contribution >= 4 is 87.6 Å². The third kappa shape index (κ3) is 3.79. The molecule has 1 N–H and O–H groups in total. The van der Waals surface area contributed by atoms with Gasteiger partial charge in [-0.1, -0.05) is 127 Å². The molecule has 0 saturated heterocycles. The monoisotopic (exact) mass is 702 g/mol. The molecular formula is C50H30N4O. The number of rotatable bonds is 1. The lowest BCUT2D eigenvalue weighted by Gasteiger charge is -2.34. The van der Waals surface area contributed by atoms with Crippen LogP contribution in [0.3, 0.4) is 0 Å². The number of ether oxygens (including phenoxy) is 1. The molecule has 1 aliphatic carbocycles. The zero-order valence-corrected chi connectivity index (χ0v) is 29.5. The van der Waals surface area contributed by atoms with Crippen LogP contribution in [0.15, 0.2) is 186 Å². The molecule has 256 valence electrons. The van der Waals surface area contributed by atoms with Crippen LogP contribution < -0.4 is 10.1 Å². The van der Waals surface area contributed by atoms with Gasteiger partial charge in [0, 0.05) is 38.4 Å². The fourth-order valence-electron chi connectivity index (χ4n) is 9.67. The summed E-state index contributed by atoms with van der Waals surface area (Å²) in [6.07, 6.45) is 6.36. The number of fused-ring (bicyclic) bond motifs is 16. The number of hydrogen-bond donors (Lipinski definition) is 1. The van der Waals surface area contributed by atoms with Gasteiger partial charge in [0.2, 0.25) is 5.96 Å². The van der Waals surface area contributed by atoms with E-state index in [1.54, 1.807) is 0 Å². The minimum atomic E-state index is -0.122. The van der Waals surface area contributed by atoms with Gasteiger partial charge in [0.15, 0.2) is 0 Å². The maximum absolute atomic E-state index is 6.46. The Morgan fingerprint density at radius 2 is 1.11 bits per heavy atom.